The van der Waals surface area contributed by atoms with Crippen LogP contribution in [0.15, 0.2) is 29.2 Å². The highest BCUT2D eigenvalue weighted by Crippen LogP contribution is 2.20. The van der Waals surface area contributed by atoms with E-state index in [1.165, 1.54) is 0 Å². The van der Waals surface area contributed by atoms with Gasteiger partial charge in [0.25, 0.3) is 5.91 Å². The molecule has 1 aliphatic rings. The number of nitrogen functional groups attached to an aromatic ring is 1. The van der Waals surface area contributed by atoms with E-state index < -0.39 is 0 Å². The Bertz CT molecular complexity index is 787. The lowest BCUT2D eigenvalue weighted by Crippen LogP contribution is -2.35. The average molecular weight is 313 g/mol. The molecule has 2 aromatic rings. The van der Waals surface area contributed by atoms with Crippen LogP contribution in [0.1, 0.15) is 43.0 Å². The van der Waals surface area contributed by atoms with Gasteiger partial charge in [-0.3, -0.25) is 9.59 Å². The number of hydrogen-bond donors (Lipinski definition) is 1. The van der Waals surface area contributed by atoms with Crippen LogP contribution < -0.4 is 11.2 Å². The molecular weight excluding hydrogens is 290 g/mol. The van der Waals surface area contributed by atoms with Crippen LogP contribution in [0.5, 0.6) is 0 Å². The van der Waals surface area contributed by atoms with E-state index in [1.54, 1.807) is 12.3 Å². The van der Waals surface area contributed by atoms with Gasteiger partial charge in [0.2, 0.25) is 5.43 Å². The fourth-order valence-electron chi connectivity index (χ4n) is 3.32. The molecule has 1 saturated heterocycles. The summed E-state index contributed by atoms with van der Waals surface area (Å²) >= 11 is 0. The van der Waals surface area contributed by atoms with E-state index in [0.29, 0.717) is 17.6 Å². The highest BCUT2D eigenvalue weighted by atomic mass is 16.2. The number of carbonyl (C=O) groups is 1. The van der Waals surface area contributed by atoms with Crippen molar-refractivity contribution in [2.75, 3.05) is 18.8 Å². The van der Waals surface area contributed by atoms with E-state index in [1.807, 2.05) is 28.5 Å². The maximum atomic E-state index is 12.9. The van der Waals surface area contributed by atoms with E-state index in [9.17, 15) is 9.59 Å². The fourth-order valence-corrected chi connectivity index (χ4v) is 3.32. The zero-order chi connectivity index (χ0) is 16.4. The van der Waals surface area contributed by atoms with Gasteiger partial charge in [0.05, 0.1) is 10.9 Å². The Labute approximate surface area is 135 Å². The van der Waals surface area contributed by atoms with Crippen molar-refractivity contribution < 1.29 is 4.79 Å². The number of carbonyl (C=O) groups excluding carboxylic acids is 1. The molecule has 1 aromatic heterocycles. The summed E-state index contributed by atoms with van der Waals surface area (Å²) in [5, 5.41) is 0.454. The van der Waals surface area contributed by atoms with Crippen LogP contribution >= 0.6 is 0 Å². The van der Waals surface area contributed by atoms with E-state index >= 15 is 0 Å². The average Bonchev–Trinajstić information content (AvgIpc) is 2.84. The Balaban J connectivity index is 2.14. The lowest BCUT2D eigenvalue weighted by Gasteiger charge is -2.21. The number of anilines is 1. The van der Waals surface area contributed by atoms with Gasteiger partial charge in [0.1, 0.15) is 5.56 Å². The Hall–Kier alpha value is -2.30. The van der Waals surface area contributed by atoms with Gasteiger partial charge in [-0.05, 0) is 31.9 Å². The van der Waals surface area contributed by atoms with Gasteiger partial charge in [0.15, 0.2) is 0 Å². The second kappa shape index (κ2) is 6.44. The van der Waals surface area contributed by atoms with Crippen molar-refractivity contribution in [2.45, 2.75) is 39.2 Å². The summed E-state index contributed by atoms with van der Waals surface area (Å²) in [6.45, 7) is 4.13. The van der Waals surface area contributed by atoms with Crippen LogP contribution in [0.3, 0.4) is 0 Å². The standard InChI is InChI=1S/C18H23N3O2/c1-2-20-12-13(18(23)21-10-5-3-4-6-11-21)17(22)16-14(19)8-7-9-15(16)20/h7-9,12H,2-6,10-11,19H2,1H3. The van der Waals surface area contributed by atoms with Crippen molar-refractivity contribution in [2.24, 2.45) is 0 Å². The quantitative estimate of drug-likeness (QED) is 0.867. The van der Waals surface area contributed by atoms with Gasteiger partial charge in [-0.25, -0.2) is 0 Å². The molecule has 122 valence electrons. The predicted molar refractivity (Wildman–Crippen MR) is 92.7 cm³/mol. The summed E-state index contributed by atoms with van der Waals surface area (Å²) < 4.78 is 1.93. The molecule has 0 saturated carbocycles. The Morgan fingerprint density at radius 2 is 1.87 bits per heavy atom. The highest BCUT2D eigenvalue weighted by Gasteiger charge is 2.22. The minimum absolute atomic E-state index is 0.163. The third kappa shape index (κ3) is 2.83. The second-order valence-corrected chi connectivity index (χ2v) is 6.11. The lowest BCUT2D eigenvalue weighted by atomic mass is 10.1. The topological polar surface area (TPSA) is 68.3 Å². The summed E-state index contributed by atoms with van der Waals surface area (Å²) in [5.41, 5.74) is 7.21. The first-order valence-corrected chi connectivity index (χ1v) is 8.34. The van der Waals surface area contributed by atoms with Gasteiger partial charge in [-0.1, -0.05) is 18.9 Å². The van der Waals surface area contributed by atoms with Gasteiger partial charge in [0, 0.05) is 31.5 Å². The second-order valence-electron chi connectivity index (χ2n) is 6.11. The third-order valence-electron chi connectivity index (χ3n) is 4.61. The molecule has 5 nitrogen and oxygen atoms in total. The van der Waals surface area contributed by atoms with Gasteiger partial charge in [-0.2, -0.15) is 0 Å². The number of rotatable bonds is 2. The summed E-state index contributed by atoms with van der Waals surface area (Å²) in [6, 6.07) is 5.42. The third-order valence-corrected chi connectivity index (χ3v) is 4.61. The molecule has 23 heavy (non-hydrogen) atoms. The molecule has 1 aromatic carbocycles. The predicted octanol–water partition coefficient (Wildman–Crippen LogP) is 2.62. The van der Waals surface area contributed by atoms with Crippen molar-refractivity contribution >= 4 is 22.5 Å². The van der Waals surface area contributed by atoms with Gasteiger partial charge >= 0.3 is 0 Å². The van der Waals surface area contributed by atoms with Crippen molar-refractivity contribution in [3.05, 3.63) is 40.2 Å². The molecule has 0 bridgehead atoms. The number of amides is 1. The largest absolute Gasteiger partial charge is 0.398 e. The SMILES string of the molecule is CCn1cc(C(=O)N2CCCCCC2)c(=O)c2c(N)cccc21. The minimum Gasteiger partial charge on any atom is -0.398 e. The maximum absolute atomic E-state index is 12.9. The van der Waals surface area contributed by atoms with Crippen LogP contribution in [0.4, 0.5) is 5.69 Å². The minimum atomic E-state index is -0.253. The van der Waals surface area contributed by atoms with Crippen LogP contribution in [-0.4, -0.2) is 28.5 Å². The Morgan fingerprint density at radius 3 is 2.52 bits per heavy atom. The van der Waals surface area contributed by atoms with Crippen molar-refractivity contribution in [1.29, 1.82) is 0 Å². The first-order chi connectivity index (χ1) is 11.1. The lowest BCUT2D eigenvalue weighted by molar-refractivity contribution is 0.0760. The van der Waals surface area contributed by atoms with Crippen molar-refractivity contribution in [3.8, 4) is 0 Å². The first kappa shape index (κ1) is 15.6. The summed E-state index contributed by atoms with van der Waals surface area (Å²) in [6.07, 6.45) is 5.99. The normalized spacial score (nSPS) is 15.6. The van der Waals surface area contributed by atoms with Crippen LogP contribution in [0, 0.1) is 0 Å². The number of benzene rings is 1. The highest BCUT2D eigenvalue weighted by molar-refractivity contribution is 6.00. The Morgan fingerprint density at radius 1 is 1.17 bits per heavy atom. The number of aryl methyl sites for hydroxylation is 1. The van der Waals surface area contributed by atoms with E-state index in [2.05, 4.69) is 0 Å². The molecule has 2 N–H and O–H groups in total. The van der Waals surface area contributed by atoms with Gasteiger partial charge in [-0.15, -0.1) is 0 Å². The molecule has 3 rings (SSSR count). The smallest absolute Gasteiger partial charge is 0.259 e. The number of aromatic nitrogens is 1. The number of likely N-dealkylation sites (tertiary alicyclic amines) is 1. The molecule has 1 aliphatic heterocycles. The molecule has 0 unspecified atom stereocenters. The molecule has 0 spiro atoms. The molecule has 1 amide bonds. The molecule has 0 atom stereocenters. The van der Waals surface area contributed by atoms with Gasteiger partial charge < -0.3 is 15.2 Å². The molecule has 0 radical (unpaired) electrons. The van der Waals surface area contributed by atoms with Crippen molar-refractivity contribution in [1.82, 2.24) is 9.47 Å². The summed E-state index contributed by atoms with van der Waals surface area (Å²) in [7, 11) is 0. The van der Waals surface area contributed by atoms with Crippen LogP contribution in [-0.2, 0) is 6.54 Å². The Kier molecular flexibility index (Phi) is 4.37. The number of nitrogens with two attached hydrogens (primary N) is 1. The zero-order valence-electron chi connectivity index (χ0n) is 13.5. The summed E-state index contributed by atoms with van der Waals surface area (Å²) in [5.74, 6) is -0.163. The zero-order valence-corrected chi connectivity index (χ0v) is 13.5. The molecule has 5 heteroatoms. The molecule has 0 aliphatic carbocycles. The number of pyridine rings is 1. The molecule has 1 fully saturated rings. The van der Waals surface area contributed by atoms with E-state index in [0.717, 1.165) is 44.3 Å². The monoisotopic (exact) mass is 313 g/mol. The van der Waals surface area contributed by atoms with Crippen LogP contribution in [0.25, 0.3) is 10.9 Å². The van der Waals surface area contributed by atoms with E-state index in [4.69, 9.17) is 5.73 Å². The first-order valence-electron chi connectivity index (χ1n) is 8.34. The summed E-state index contributed by atoms with van der Waals surface area (Å²) in [4.78, 5) is 27.5. The fraction of sp³-hybridized carbons (Fsp3) is 0.444. The number of hydrogen-bond acceptors (Lipinski definition) is 3. The molecule has 2 heterocycles. The van der Waals surface area contributed by atoms with Crippen LogP contribution in [0.2, 0.25) is 0 Å². The van der Waals surface area contributed by atoms with E-state index in [-0.39, 0.29) is 16.9 Å². The van der Waals surface area contributed by atoms with Crippen molar-refractivity contribution in [3.63, 3.8) is 0 Å². The maximum Gasteiger partial charge on any atom is 0.259 e. The number of fused-ring (bicyclic) bond motifs is 1. The molecular formula is C18H23N3O2. The number of nitrogens with zero attached hydrogens (tertiary/aromatic N) is 2.